The third-order valence-corrected chi connectivity index (χ3v) is 6.78. The van der Waals surface area contributed by atoms with Gasteiger partial charge in [0.2, 0.25) is 0 Å². The zero-order valence-corrected chi connectivity index (χ0v) is 20.8. The summed E-state index contributed by atoms with van der Waals surface area (Å²) in [6.07, 6.45) is 0.450. The Labute approximate surface area is 203 Å². The van der Waals surface area contributed by atoms with Crippen LogP contribution >= 0.6 is 0 Å². The van der Waals surface area contributed by atoms with Crippen LogP contribution in [0.2, 0.25) is 0 Å². The van der Waals surface area contributed by atoms with Crippen LogP contribution in [0.25, 0.3) is 22.6 Å². The predicted octanol–water partition coefficient (Wildman–Crippen LogP) is 4.66. The van der Waals surface area contributed by atoms with Gasteiger partial charge in [0, 0.05) is 29.6 Å². The quantitative estimate of drug-likeness (QED) is 0.430. The van der Waals surface area contributed by atoms with Crippen molar-refractivity contribution in [3.05, 3.63) is 47.0 Å². The lowest BCUT2D eigenvalue weighted by Crippen LogP contribution is -2.29. The summed E-state index contributed by atoms with van der Waals surface area (Å²) in [6, 6.07) is 7.25. The molecule has 1 fully saturated rings. The van der Waals surface area contributed by atoms with Gasteiger partial charge < -0.3 is 19.7 Å². The molecule has 2 aromatic heterocycles. The van der Waals surface area contributed by atoms with Crippen LogP contribution in [0.4, 0.5) is 8.78 Å². The SMILES string of the molecule is CNCC(O)COc1cccc(-c2nc(CC3(C(C)(F)F)CC3)c(C)c(-c3c(C)noc3C)n2)c1. The molecular formula is C26H32F2N4O3. The van der Waals surface area contributed by atoms with Crippen LogP contribution in [-0.4, -0.2) is 52.5 Å². The van der Waals surface area contributed by atoms with Crippen molar-refractivity contribution < 1.29 is 23.1 Å². The number of hydrogen-bond acceptors (Lipinski definition) is 7. The molecule has 2 heterocycles. The predicted molar refractivity (Wildman–Crippen MR) is 129 cm³/mol. The Morgan fingerprint density at radius 1 is 1.23 bits per heavy atom. The van der Waals surface area contributed by atoms with Crippen LogP contribution in [0.1, 0.15) is 42.5 Å². The average Bonchev–Trinajstić information content (AvgIpc) is 3.53. The highest BCUT2D eigenvalue weighted by molar-refractivity contribution is 5.71. The van der Waals surface area contributed by atoms with Gasteiger partial charge in [-0.25, -0.2) is 18.7 Å². The molecule has 0 bridgehead atoms. The summed E-state index contributed by atoms with van der Waals surface area (Å²) >= 11 is 0. The Balaban J connectivity index is 1.76. The third-order valence-electron chi connectivity index (χ3n) is 6.78. The molecule has 0 radical (unpaired) electrons. The lowest BCUT2D eigenvalue weighted by atomic mass is 9.90. The Morgan fingerprint density at radius 3 is 2.57 bits per heavy atom. The Kier molecular flexibility index (Phi) is 6.92. The van der Waals surface area contributed by atoms with E-state index in [1.54, 1.807) is 19.2 Å². The highest BCUT2D eigenvalue weighted by Gasteiger charge is 2.59. The van der Waals surface area contributed by atoms with Crippen LogP contribution in [0.5, 0.6) is 5.75 Å². The van der Waals surface area contributed by atoms with Crippen molar-refractivity contribution in [2.45, 2.75) is 59.0 Å². The number of aryl methyl sites for hydroxylation is 2. The van der Waals surface area contributed by atoms with Gasteiger partial charge in [-0.05, 0) is 65.3 Å². The Bertz CT molecular complexity index is 1180. The average molecular weight is 487 g/mol. The summed E-state index contributed by atoms with van der Waals surface area (Å²) < 4.78 is 40.0. The summed E-state index contributed by atoms with van der Waals surface area (Å²) in [5, 5.41) is 16.9. The van der Waals surface area contributed by atoms with Gasteiger partial charge >= 0.3 is 0 Å². The van der Waals surface area contributed by atoms with E-state index in [0.717, 1.165) is 18.1 Å². The molecule has 1 aromatic carbocycles. The first-order chi connectivity index (χ1) is 16.5. The van der Waals surface area contributed by atoms with E-state index in [2.05, 4.69) is 10.5 Å². The maximum Gasteiger partial charge on any atom is 0.251 e. The molecule has 1 unspecified atom stereocenters. The minimum Gasteiger partial charge on any atom is -0.491 e. The highest BCUT2D eigenvalue weighted by atomic mass is 19.3. The number of nitrogens with one attached hydrogen (secondary N) is 1. The summed E-state index contributed by atoms with van der Waals surface area (Å²) in [4.78, 5) is 9.60. The number of benzene rings is 1. The number of aromatic nitrogens is 3. The second kappa shape index (κ2) is 9.62. The monoisotopic (exact) mass is 486 g/mol. The topological polar surface area (TPSA) is 93.3 Å². The molecule has 4 rings (SSSR count). The highest BCUT2D eigenvalue weighted by Crippen LogP contribution is 2.58. The second-order valence-electron chi connectivity index (χ2n) is 9.56. The molecule has 188 valence electrons. The molecule has 7 nitrogen and oxygen atoms in total. The summed E-state index contributed by atoms with van der Waals surface area (Å²) in [7, 11) is 1.76. The molecule has 1 aliphatic rings. The Hall–Kier alpha value is -2.91. The van der Waals surface area contributed by atoms with Gasteiger partial charge in [0.1, 0.15) is 24.2 Å². The van der Waals surface area contributed by atoms with Crippen LogP contribution in [0.15, 0.2) is 28.8 Å². The first kappa shape index (κ1) is 25.2. The second-order valence-corrected chi connectivity index (χ2v) is 9.56. The normalized spacial score (nSPS) is 15.8. The minimum atomic E-state index is -2.80. The van der Waals surface area contributed by atoms with Crippen molar-refractivity contribution in [3.63, 3.8) is 0 Å². The lowest BCUT2D eigenvalue weighted by Gasteiger charge is -2.24. The number of nitrogens with zero attached hydrogens (tertiary/aromatic N) is 3. The molecule has 0 amide bonds. The van der Waals surface area contributed by atoms with Gasteiger partial charge in [0.15, 0.2) is 5.82 Å². The van der Waals surface area contributed by atoms with Crippen molar-refractivity contribution in [1.29, 1.82) is 0 Å². The Morgan fingerprint density at radius 2 is 1.97 bits per heavy atom. The van der Waals surface area contributed by atoms with E-state index in [1.807, 2.05) is 32.9 Å². The number of aliphatic hydroxyl groups excluding tert-OH is 1. The van der Waals surface area contributed by atoms with Gasteiger partial charge in [0.25, 0.3) is 5.92 Å². The zero-order chi connectivity index (χ0) is 25.4. The first-order valence-corrected chi connectivity index (χ1v) is 11.8. The van der Waals surface area contributed by atoms with E-state index in [9.17, 15) is 13.9 Å². The van der Waals surface area contributed by atoms with Gasteiger partial charge in [-0.1, -0.05) is 17.3 Å². The van der Waals surface area contributed by atoms with Gasteiger partial charge in [0.05, 0.1) is 17.0 Å². The van der Waals surface area contributed by atoms with Gasteiger partial charge in [-0.15, -0.1) is 0 Å². The number of rotatable bonds is 10. The van der Waals surface area contributed by atoms with Crippen molar-refractivity contribution >= 4 is 0 Å². The lowest BCUT2D eigenvalue weighted by molar-refractivity contribution is -0.0546. The van der Waals surface area contributed by atoms with Crippen molar-refractivity contribution in [2.75, 3.05) is 20.2 Å². The number of ether oxygens (including phenoxy) is 1. The number of likely N-dealkylation sites (N-methyl/N-ethyl adjacent to an activating group) is 1. The smallest absolute Gasteiger partial charge is 0.251 e. The number of aliphatic hydroxyl groups is 1. The van der Waals surface area contributed by atoms with Crippen molar-refractivity contribution in [3.8, 4) is 28.4 Å². The molecule has 1 saturated carbocycles. The molecule has 2 N–H and O–H groups in total. The van der Waals surface area contributed by atoms with E-state index in [-0.39, 0.29) is 13.0 Å². The summed E-state index contributed by atoms with van der Waals surface area (Å²) in [6.45, 7) is 7.05. The number of alkyl halides is 2. The zero-order valence-electron chi connectivity index (χ0n) is 20.8. The van der Waals surface area contributed by atoms with Gasteiger partial charge in [-0.3, -0.25) is 0 Å². The van der Waals surface area contributed by atoms with Crippen molar-refractivity contribution in [1.82, 2.24) is 20.4 Å². The molecular weight excluding hydrogens is 454 g/mol. The minimum absolute atomic E-state index is 0.128. The maximum atomic E-state index is 14.5. The van der Waals surface area contributed by atoms with E-state index in [0.29, 0.717) is 59.4 Å². The number of halogens is 2. The van der Waals surface area contributed by atoms with Gasteiger partial charge in [-0.2, -0.15) is 0 Å². The van der Waals surface area contributed by atoms with E-state index in [4.69, 9.17) is 19.2 Å². The number of hydrogen-bond donors (Lipinski definition) is 2. The molecule has 1 atom stereocenters. The van der Waals surface area contributed by atoms with E-state index in [1.165, 1.54) is 0 Å². The largest absolute Gasteiger partial charge is 0.491 e. The van der Waals surface area contributed by atoms with Crippen LogP contribution in [0, 0.1) is 26.2 Å². The molecule has 0 saturated heterocycles. The molecule has 0 aliphatic heterocycles. The molecule has 1 aliphatic carbocycles. The van der Waals surface area contributed by atoms with E-state index >= 15 is 0 Å². The fourth-order valence-electron chi connectivity index (χ4n) is 4.38. The molecule has 3 aromatic rings. The van der Waals surface area contributed by atoms with Crippen LogP contribution < -0.4 is 10.1 Å². The first-order valence-electron chi connectivity index (χ1n) is 11.8. The van der Waals surface area contributed by atoms with Crippen LogP contribution in [-0.2, 0) is 6.42 Å². The maximum absolute atomic E-state index is 14.5. The van der Waals surface area contributed by atoms with Crippen LogP contribution in [0.3, 0.4) is 0 Å². The standard InChI is InChI=1S/C26H32F2N4O3/c1-15-21(12-26(9-10-26)25(4,27)28)30-24(31-23(15)22-16(2)32-35-17(22)3)18-7-6-8-20(11-18)34-14-19(33)13-29-5/h6-8,11,19,29,33H,9-10,12-14H2,1-5H3. The van der Waals surface area contributed by atoms with Crippen molar-refractivity contribution in [2.24, 2.45) is 5.41 Å². The van der Waals surface area contributed by atoms with E-state index < -0.39 is 17.4 Å². The fourth-order valence-corrected chi connectivity index (χ4v) is 4.38. The fraction of sp³-hybridized carbons (Fsp3) is 0.500. The third kappa shape index (κ3) is 5.21. The summed E-state index contributed by atoms with van der Waals surface area (Å²) in [5.74, 6) is -1.22. The molecule has 9 heteroatoms. The summed E-state index contributed by atoms with van der Waals surface area (Å²) in [5.41, 5.74) is 3.02. The molecule has 0 spiro atoms. The molecule has 35 heavy (non-hydrogen) atoms.